The zero-order valence-electron chi connectivity index (χ0n) is 9.42. The number of hydrogen-bond acceptors (Lipinski definition) is 4. The standard InChI is InChI=1S/C8H14O4.2Li/c1-4-8(5(2)3,6(9)10)7(11)12;;/h5H,4H2,1-3H3,(H,9,10)(H,11,12);;/q;2*+1/p-2. The van der Waals surface area contributed by atoms with Crippen molar-refractivity contribution >= 4 is 11.9 Å². The van der Waals surface area contributed by atoms with E-state index in [0.29, 0.717) is 0 Å². The molecule has 70 valence electrons. The largest absolute Gasteiger partial charge is 1.00 e. The van der Waals surface area contributed by atoms with Gasteiger partial charge in [-0.25, -0.2) is 0 Å². The summed E-state index contributed by atoms with van der Waals surface area (Å²) in [6.07, 6.45) is -0.0185. The predicted octanol–water partition coefficient (Wildman–Crippen LogP) is -7.45. The van der Waals surface area contributed by atoms with E-state index in [9.17, 15) is 19.8 Å². The van der Waals surface area contributed by atoms with Crippen LogP contribution in [0.4, 0.5) is 0 Å². The van der Waals surface area contributed by atoms with Crippen molar-refractivity contribution in [3.05, 3.63) is 0 Å². The average Bonchev–Trinajstić information content (AvgIpc) is 1.86. The molecule has 0 rings (SSSR count). The van der Waals surface area contributed by atoms with E-state index in [2.05, 4.69) is 0 Å². The molecule has 0 bridgehead atoms. The Morgan fingerprint density at radius 1 is 1.14 bits per heavy atom. The van der Waals surface area contributed by atoms with Crippen LogP contribution in [0.5, 0.6) is 0 Å². The van der Waals surface area contributed by atoms with E-state index in [0.717, 1.165) is 0 Å². The SMILES string of the molecule is CCC(C(=O)[O-])(C(=O)[O-])C(C)C.[Li+].[Li+]. The van der Waals surface area contributed by atoms with Gasteiger partial charge >= 0.3 is 37.7 Å². The van der Waals surface area contributed by atoms with Crippen molar-refractivity contribution in [1.82, 2.24) is 0 Å². The van der Waals surface area contributed by atoms with E-state index in [1.807, 2.05) is 0 Å². The van der Waals surface area contributed by atoms with Crippen LogP contribution in [-0.2, 0) is 9.59 Å². The molecule has 0 aromatic carbocycles. The fourth-order valence-electron chi connectivity index (χ4n) is 1.25. The summed E-state index contributed by atoms with van der Waals surface area (Å²) in [4.78, 5) is 21.2. The van der Waals surface area contributed by atoms with Crippen molar-refractivity contribution < 1.29 is 57.5 Å². The summed E-state index contributed by atoms with van der Waals surface area (Å²) in [5.41, 5.74) is -1.85. The van der Waals surface area contributed by atoms with Crippen molar-refractivity contribution in [2.75, 3.05) is 0 Å². The van der Waals surface area contributed by atoms with Crippen LogP contribution in [0, 0.1) is 11.3 Å². The summed E-state index contributed by atoms with van der Waals surface area (Å²) in [6, 6.07) is 0. The van der Waals surface area contributed by atoms with Gasteiger partial charge in [0.05, 0.1) is 17.4 Å². The number of rotatable bonds is 4. The molecule has 0 amide bonds. The third kappa shape index (κ3) is 3.37. The second-order valence-corrected chi connectivity index (χ2v) is 3.05. The zero-order valence-corrected chi connectivity index (χ0v) is 9.42. The Hall–Kier alpha value is 0.135. The predicted molar refractivity (Wildman–Crippen MR) is 37.6 cm³/mol. The maximum absolute atomic E-state index is 10.6. The Labute approximate surface area is 108 Å². The maximum atomic E-state index is 10.6. The first-order valence-corrected chi connectivity index (χ1v) is 3.82. The van der Waals surface area contributed by atoms with Gasteiger partial charge in [0, 0.05) is 0 Å². The first-order chi connectivity index (χ1) is 5.39. The Morgan fingerprint density at radius 2 is 1.43 bits per heavy atom. The minimum atomic E-state index is -1.85. The summed E-state index contributed by atoms with van der Waals surface area (Å²) >= 11 is 0. The molecule has 0 spiro atoms. The number of carbonyl (C=O) groups is 2. The van der Waals surface area contributed by atoms with Gasteiger partial charge in [-0.1, -0.05) is 20.8 Å². The molecule has 0 atom stereocenters. The van der Waals surface area contributed by atoms with E-state index in [4.69, 9.17) is 0 Å². The zero-order chi connectivity index (χ0) is 9.94. The molecule has 0 unspecified atom stereocenters. The van der Waals surface area contributed by atoms with Crippen LogP contribution in [-0.4, -0.2) is 11.9 Å². The van der Waals surface area contributed by atoms with Crippen molar-refractivity contribution in [1.29, 1.82) is 0 Å². The molecule has 0 fully saturated rings. The van der Waals surface area contributed by atoms with Crippen molar-refractivity contribution in [2.24, 2.45) is 11.3 Å². The monoisotopic (exact) mass is 186 g/mol. The molecule has 0 aliphatic heterocycles. The first-order valence-electron chi connectivity index (χ1n) is 3.82. The van der Waals surface area contributed by atoms with Gasteiger partial charge in [-0.15, -0.1) is 0 Å². The van der Waals surface area contributed by atoms with Crippen LogP contribution < -0.4 is 47.9 Å². The summed E-state index contributed by atoms with van der Waals surface area (Å²) in [5, 5.41) is 21.2. The third-order valence-electron chi connectivity index (χ3n) is 2.27. The minimum absolute atomic E-state index is 0. The van der Waals surface area contributed by atoms with E-state index in [1.54, 1.807) is 0 Å². The molecule has 6 heteroatoms. The molecular formula is C8H12Li2O4. The molecule has 0 N–H and O–H groups in total. The number of aliphatic carboxylic acids is 2. The number of carboxylic acid groups (broad SMARTS) is 2. The molecule has 14 heavy (non-hydrogen) atoms. The fourth-order valence-corrected chi connectivity index (χ4v) is 1.25. The van der Waals surface area contributed by atoms with Crippen molar-refractivity contribution in [3.63, 3.8) is 0 Å². The van der Waals surface area contributed by atoms with Crippen molar-refractivity contribution in [3.8, 4) is 0 Å². The molecule has 0 saturated carbocycles. The smallest absolute Gasteiger partial charge is 0.549 e. The first kappa shape index (κ1) is 19.7. The molecule has 0 aromatic rings. The van der Waals surface area contributed by atoms with Gasteiger partial charge in [0.2, 0.25) is 0 Å². The molecular weight excluding hydrogens is 174 g/mol. The van der Waals surface area contributed by atoms with E-state index in [-0.39, 0.29) is 44.1 Å². The topological polar surface area (TPSA) is 80.3 Å². The van der Waals surface area contributed by atoms with Crippen LogP contribution >= 0.6 is 0 Å². The van der Waals surface area contributed by atoms with Gasteiger partial charge in [0.15, 0.2) is 0 Å². The van der Waals surface area contributed by atoms with Gasteiger partial charge in [-0.05, 0) is 12.3 Å². The normalized spacial score (nSPS) is 10.0. The Kier molecular flexibility index (Phi) is 10.4. The molecule has 0 radical (unpaired) electrons. The van der Waals surface area contributed by atoms with Crippen LogP contribution in [0.25, 0.3) is 0 Å². The van der Waals surface area contributed by atoms with Gasteiger partial charge in [-0.3, -0.25) is 0 Å². The molecule has 0 aliphatic carbocycles. The molecule has 0 aliphatic rings. The fraction of sp³-hybridized carbons (Fsp3) is 0.750. The van der Waals surface area contributed by atoms with Crippen LogP contribution in [0.15, 0.2) is 0 Å². The Balaban J connectivity index is -0.000000605. The van der Waals surface area contributed by atoms with Crippen LogP contribution in [0.3, 0.4) is 0 Å². The second kappa shape index (κ2) is 7.43. The Morgan fingerprint density at radius 3 is 1.43 bits per heavy atom. The van der Waals surface area contributed by atoms with Gasteiger partial charge in [0.25, 0.3) is 0 Å². The number of hydrogen-bond donors (Lipinski definition) is 0. The van der Waals surface area contributed by atoms with E-state index < -0.39 is 23.3 Å². The maximum Gasteiger partial charge on any atom is 1.00 e. The van der Waals surface area contributed by atoms with Gasteiger partial charge in [-0.2, -0.15) is 0 Å². The average molecular weight is 186 g/mol. The van der Waals surface area contributed by atoms with Crippen LogP contribution in [0.2, 0.25) is 0 Å². The summed E-state index contributed by atoms with van der Waals surface area (Å²) in [7, 11) is 0. The number of carboxylic acids is 2. The molecule has 4 nitrogen and oxygen atoms in total. The van der Waals surface area contributed by atoms with Crippen molar-refractivity contribution in [2.45, 2.75) is 27.2 Å². The van der Waals surface area contributed by atoms with E-state index >= 15 is 0 Å². The molecule has 0 heterocycles. The van der Waals surface area contributed by atoms with E-state index in [1.165, 1.54) is 20.8 Å². The summed E-state index contributed by atoms with van der Waals surface area (Å²) in [6.45, 7) is 4.54. The van der Waals surface area contributed by atoms with Gasteiger partial charge in [0.1, 0.15) is 0 Å². The third-order valence-corrected chi connectivity index (χ3v) is 2.27. The number of carbonyl (C=O) groups excluding carboxylic acids is 2. The Bertz CT molecular complexity index is 190. The second-order valence-electron chi connectivity index (χ2n) is 3.05. The summed E-state index contributed by atoms with van der Waals surface area (Å²) in [5.74, 6) is -3.67. The quantitative estimate of drug-likeness (QED) is 0.322. The molecule has 0 aromatic heterocycles. The van der Waals surface area contributed by atoms with Gasteiger partial charge < -0.3 is 19.8 Å². The van der Waals surface area contributed by atoms with Crippen LogP contribution in [0.1, 0.15) is 27.2 Å². The summed E-state index contributed by atoms with van der Waals surface area (Å²) < 4.78 is 0. The minimum Gasteiger partial charge on any atom is -0.549 e. The molecule has 0 saturated heterocycles.